The highest BCUT2D eigenvalue weighted by Crippen LogP contribution is 2.20. The van der Waals surface area contributed by atoms with E-state index in [1.54, 1.807) is 0 Å². The summed E-state index contributed by atoms with van der Waals surface area (Å²) in [6.07, 6.45) is 2.09. The van der Waals surface area contributed by atoms with Crippen molar-refractivity contribution in [3.05, 3.63) is 30.1 Å². The number of rotatable bonds is 7. The van der Waals surface area contributed by atoms with Crippen LogP contribution in [0.4, 0.5) is 0 Å². The fourth-order valence-electron chi connectivity index (χ4n) is 2.32. The summed E-state index contributed by atoms with van der Waals surface area (Å²) in [7, 11) is 2.06. The molecule has 0 amide bonds. The first-order valence-electron chi connectivity index (χ1n) is 7.25. The van der Waals surface area contributed by atoms with E-state index in [0.29, 0.717) is 0 Å². The highest BCUT2D eigenvalue weighted by atomic mass is 16.3. The van der Waals surface area contributed by atoms with Crippen molar-refractivity contribution < 1.29 is 5.11 Å². The normalized spacial score (nSPS) is 12.2. The van der Waals surface area contributed by atoms with Crippen molar-refractivity contribution >= 4 is 11.0 Å². The van der Waals surface area contributed by atoms with E-state index in [1.165, 1.54) is 5.52 Å². The number of para-hydroxylation sites is 2. The van der Waals surface area contributed by atoms with Gasteiger partial charge in [-0.1, -0.05) is 26.0 Å². The molecular formula is C16H25N3O. The molecule has 2 aromatic rings. The molecule has 0 aliphatic rings. The number of aliphatic hydroxyl groups is 1. The Balaban J connectivity index is 1.83. The van der Waals surface area contributed by atoms with E-state index in [2.05, 4.69) is 41.8 Å². The summed E-state index contributed by atoms with van der Waals surface area (Å²) in [5.74, 6) is 1.06. The highest BCUT2D eigenvalue weighted by Gasteiger charge is 2.15. The van der Waals surface area contributed by atoms with E-state index in [1.807, 2.05) is 18.2 Å². The quantitative estimate of drug-likeness (QED) is 0.763. The van der Waals surface area contributed by atoms with Crippen LogP contribution < -0.4 is 5.32 Å². The maximum Gasteiger partial charge on any atom is 0.123 e. The number of hydrogen-bond donors (Lipinski definition) is 2. The van der Waals surface area contributed by atoms with Crippen molar-refractivity contribution in [2.24, 2.45) is 12.5 Å². The van der Waals surface area contributed by atoms with Gasteiger partial charge in [0, 0.05) is 13.7 Å². The number of fused-ring (bicyclic) bond motifs is 1. The molecule has 1 heterocycles. The average Bonchev–Trinajstić information content (AvgIpc) is 2.76. The van der Waals surface area contributed by atoms with Gasteiger partial charge in [-0.2, -0.15) is 0 Å². The number of nitrogens with one attached hydrogen (secondary N) is 1. The summed E-state index contributed by atoms with van der Waals surface area (Å²) in [4.78, 5) is 4.64. The van der Waals surface area contributed by atoms with Gasteiger partial charge in [-0.05, 0) is 36.9 Å². The minimum Gasteiger partial charge on any atom is -0.396 e. The zero-order valence-electron chi connectivity index (χ0n) is 12.7. The second kappa shape index (κ2) is 6.37. The van der Waals surface area contributed by atoms with Crippen LogP contribution in [-0.2, 0) is 13.6 Å². The van der Waals surface area contributed by atoms with E-state index >= 15 is 0 Å². The SMILES string of the molecule is Cn1c(CNCCCC(C)(C)CO)nc2ccccc21. The summed E-state index contributed by atoms with van der Waals surface area (Å²) < 4.78 is 2.14. The lowest BCUT2D eigenvalue weighted by Gasteiger charge is -2.21. The third kappa shape index (κ3) is 3.58. The number of aliphatic hydroxyl groups excluding tert-OH is 1. The van der Waals surface area contributed by atoms with Crippen LogP contribution in [0, 0.1) is 5.41 Å². The molecule has 1 aromatic carbocycles. The number of hydrogen-bond acceptors (Lipinski definition) is 3. The van der Waals surface area contributed by atoms with Gasteiger partial charge in [0.15, 0.2) is 0 Å². The van der Waals surface area contributed by atoms with Crippen LogP contribution in [0.3, 0.4) is 0 Å². The lowest BCUT2D eigenvalue weighted by molar-refractivity contribution is 0.148. The molecule has 0 bridgehead atoms. The van der Waals surface area contributed by atoms with Crippen molar-refractivity contribution in [2.75, 3.05) is 13.2 Å². The van der Waals surface area contributed by atoms with Gasteiger partial charge in [0.05, 0.1) is 17.6 Å². The van der Waals surface area contributed by atoms with Crippen LogP contribution in [0.15, 0.2) is 24.3 Å². The van der Waals surface area contributed by atoms with Crippen molar-refractivity contribution in [2.45, 2.75) is 33.2 Å². The monoisotopic (exact) mass is 275 g/mol. The van der Waals surface area contributed by atoms with Gasteiger partial charge < -0.3 is 15.0 Å². The van der Waals surface area contributed by atoms with Gasteiger partial charge in [-0.3, -0.25) is 0 Å². The standard InChI is InChI=1S/C16H25N3O/c1-16(2,12-20)9-6-10-17-11-15-18-13-7-4-5-8-14(13)19(15)3/h4-5,7-8,17,20H,6,9-12H2,1-3H3. The van der Waals surface area contributed by atoms with Crippen LogP contribution >= 0.6 is 0 Å². The molecule has 2 N–H and O–H groups in total. The minimum atomic E-state index is 0.0274. The molecule has 4 nitrogen and oxygen atoms in total. The van der Waals surface area contributed by atoms with Gasteiger partial charge in [-0.25, -0.2) is 4.98 Å². The Morgan fingerprint density at radius 3 is 2.75 bits per heavy atom. The second-order valence-corrected chi connectivity index (χ2v) is 6.18. The number of aromatic nitrogens is 2. The molecule has 0 aliphatic carbocycles. The lowest BCUT2D eigenvalue weighted by Crippen LogP contribution is -2.21. The Hall–Kier alpha value is -1.39. The van der Waals surface area contributed by atoms with Crippen molar-refractivity contribution in [3.8, 4) is 0 Å². The van der Waals surface area contributed by atoms with Crippen molar-refractivity contribution in [1.29, 1.82) is 0 Å². The fourth-order valence-corrected chi connectivity index (χ4v) is 2.32. The van der Waals surface area contributed by atoms with E-state index in [-0.39, 0.29) is 12.0 Å². The topological polar surface area (TPSA) is 50.1 Å². The van der Waals surface area contributed by atoms with Gasteiger partial charge in [0.1, 0.15) is 5.82 Å². The fraction of sp³-hybridized carbons (Fsp3) is 0.562. The number of aryl methyl sites for hydroxylation is 1. The first-order valence-corrected chi connectivity index (χ1v) is 7.25. The van der Waals surface area contributed by atoms with Crippen LogP contribution in [0.2, 0.25) is 0 Å². The molecule has 2 rings (SSSR count). The average molecular weight is 275 g/mol. The second-order valence-electron chi connectivity index (χ2n) is 6.18. The van der Waals surface area contributed by atoms with Crippen molar-refractivity contribution in [3.63, 3.8) is 0 Å². The highest BCUT2D eigenvalue weighted by molar-refractivity contribution is 5.75. The Morgan fingerprint density at radius 1 is 1.30 bits per heavy atom. The molecule has 0 unspecified atom stereocenters. The van der Waals surface area contributed by atoms with E-state index in [9.17, 15) is 5.11 Å². The summed E-state index contributed by atoms with van der Waals surface area (Å²) in [5, 5.41) is 12.6. The van der Waals surface area contributed by atoms with Gasteiger partial charge in [-0.15, -0.1) is 0 Å². The van der Waals surface area contributed by atoms with Crippen molar-refractivity contribution in [1.82, 2.24) is 14.9 Å². The van der Waals surface area contributed by atoms with Gasteiger partial charge in [0.25, 0.3) is 0 Å². The lowest BCUT2D eigenvalue weighted by atomic mass is 9.89. The first-order chi connectivity index (χ1) is 9.53. The summed E-state index contributed by atoms with van der Waals surface area (Å²) in [6.45, 7) is 6.17. The molecule has 0 radical (unpaired) electrons. The molecule has 1 aromatic heterocycles. The third-order valence-corrected chi connectivity index (χ3v) is 3.80. The zero-order valence-corrected chi connectivity index (χ0v) is 12.7. The van der Waals surface area contributed by atoms with E-state index < -0.39 is 0 Å². The summed E-state index contributed by atoms with van der Waals surface area (Å²) >= 11 is 0. The van der Waals surface area contributed by atoms with Crippen LogP contribution in [0.1, 0.15) is 32.5 Å². The molecule has 0 spiro atoms. The third-order valence-electron chi connectivity index (χ3n) is 3.80. The minimum absolute atomic E-state index is 0.0274. The zero-order chi connectivity index (χ0) is 14.6. The van der Waals surface area contributed by atoms with Gasteiger partial charge in [0.2, 0.25) is 0 Å². The molecule has 0 atom stereocenters. The molecule has 0 saturated heterocycles. The number of imidazole rings is 1. The van der Waals surface area contributed by atoms with E-state index in [4.69, 9.17) is 0 Å². The molecular weight excluding hydrogens is 250 g/mol. The van der Waals surface area contributed by atoms with E-state index in [0.717, 1.165) is 37.3 Å². The summed E-state index contributed by atoms with van der Waals surface area (Å²) in [6, 6.07) is 8.19. The predicted octanol–water partition coefficient (Wildman–Crippen LogP) is 2.46. The largest absolute Gasteiger partial charge is 0.396 e. The summed E-state index contributed by atoms with van der Waals surface area (Å²) in [5.41, 5.74) is 2.25. The number of nitrogens with zero attached hydrogens (tertiary/aromatic N) is 2. The number of benzene rings is 1. The molecule has 0 aliphatic heterocycles. The molecule has 0 fully saturated rings. The molecule has 20 heavy (non-hydrogen) atoms. The smallest absolute Gasteiger partial charge is 0.123 e. The molecule has 0 saturated carbocycles. The first kappa shape index (κ1) is 15.0. The maximum absolute atomic E-state index is 9.21. The van der Waals surface area contributed by atoms with Crippen LogP contribution in [0.25, 0.3) is 11.0 Å². The molecule has 110 valence electrons. The maximum atomic E-state index is 9.21. The van der Waals surface area contributed by atoms with Crippen LogP contribution in [0.5, 0.6) is 0 Å². The Bertz CT molecular complexity index is 560. The van der Waals surface area contributed by atoms with Crippen LogP contribution in [-0.4, -0.2) is 27.8 Å². The molecule has 4 heteroatoms. The Kier molecular flexibility index (Phi) is 4.78. The van der Waals surface area contributed by atoms with Gasteiger partial charge >= 0.3 is 0 Å². The Labute approximate surface area is 120 Å². The Morgan fingerprint density at radius 2 is 2.05 bits per heavy atom. The predicted molar refractivity (Wildman–Crippen MR) is 82.5 cm³/mol.